The highest BCUT2D eigenvalue weighted by Gasteiger charge is 2.00. The number of hydrogen-bond acceptors (Lipinski definition) is 5. The summed E-state index contributed by atoms with van der Waals surface area (Å²) >= 11 is 3.43. The fourth-order valence-electron chi connectivity index (χ4n) is 1.08. The molecule has 1 N–H and O–H groups in total. The Morgan fingerprint density at radius 2 is 2.25 bits per heavy atom. The molecule has 0 saturated heterocycles. The normalized spacial score (nSPS) is 11.8. The van der Waals surface area contributed by atoms with E-state index in [9.17, 15) is 8.42 Å². The molecule has 16 heavy (non-hydrogen) atoms. The zero-order valence-electron chi connectivity index (χ0n) is 9.31. The molecule has 0 unspecified atom stereocenters. The maximum Gasteiger partial charge on any atom is 0.148 e. The fraction of sp³-hybridized carbons (Fsp3) is 0.600. The molecule has 0 aromatic carbocycles. The van der Waals surface area contributed by atoms with E-state index in [1.165, 1.54) is 11.1 Å². The summed E-state index contributed by atoms with van der Waals surface area (Å²) in [4.78, 5) is 1.33. The van der Waals surface area contributed by atoms with Crippen molar-refractivity contribution in [3.8, 4) is 0 Å². The lowest BCUT2D eigenvalue weighted by atomic mass is 10.4. The number of sulfone groups is 1. The molecule has 0 amide bonds. The Morgan fingerprint density at radius 1 is 1.44 bits per heavy atom. The number of rotatable bonds is 8. The molecule has 3 nitrogen and oxygen atoms in total. The molecule has 1 aromatic heterocycles. The summed E-state index contributed by atoms with van der Waals surface area (Å²) in [5, 5.41) is 5.39. The van der Waals surface area contributed by atoms with E-state index in [4.69, 9.17) is 0 Å². The van der Waals surface area contributed by atoms with Crippen molar-refractivity contribution in [2.75, 3.05) is 30.1 Å². The SMILES string of the molecule is CS(=O)(=O)CCSCCNCc1cccs1. The minimum absolute atomic E-state index is 0.280. The minimum Gasteiger partial charge on any atom is -0.311 e. The van der Waals surface area contributed by atoms with Gasteiger partial charge in [-0.05, 0) is 11.4 Å². The van der Waals surface area contributed by atoms with Crippen LogP contribution in [0.3, 0.4) is 0 Å². The third kappa shape index (κ3) is 7.27. The Labute approximate surface area is 106 Å². The van der Waals surface area contributed by atoms with Crippen molar-refractivity contribution < 1.29 is 8.42 Å². The summed E-state index contributed by atoms with van der Waals surface area (Å²) in [5.74, 6) is 1.93. The molecule has 0 radical (unpaired) electrons. The number of nitrogens with one attached hydrogen (secondary N) is 1. The molecule has 0 aliphatic heterocycles. The standard InChI is InChI=1S/C10H17NO2S3/c1-16(12,13)8-7-14-6-4-11-9-10-3-2-5-15-10/h2-3,5,11H,4,6-9H2,1H3. The van der Waals surface area contributed by atoms with E-state index in [-0.39, 0.29) is 5.75 Å². The molecule has 0 spiro atoms. The Morgan fingerprint density at radius 3 is 2.88 bits per heavy atom. The summed E-state index contributed by atoms with van der Waals surface area (Å²) in [6.45, 7) is 1.83. The second kappa shape index (κ2) is 7.32. The van der Waals surface area contributed by atoms with Crippen molar-refractivity contribution in [2.45, 2.75) is 6.54 Å². The molecule has 0 bridgehead atoms. The second-order valence-electron chi connectivity index (χ2n) is 3.50. The van der Waals surface area contributed by atoms with Gasteiger partial charge in [-0.2, -0.15) is 11.8 Å². The molecule has 0 saturated carbocycles. The van der Waals surface area contributed by atoms with Crippen LogP contribution < -0.4 is 5.32 Å². The predicted molar refractivity (Wildman–Crippen MR) is 73.1 cm³/mol. The summed E-state index contributed by atoms with van der Waals surface area (Å²) in [7, 11) is -2.79. The molecule has 1 heterocycles. The number of thiophene rings is 1. The molecule has 1 aromatic rings. The van der Waals surface area contributed by atoms with E-state index in [1.807, 2.05) is 6.07 Å². The third-order valence-electron chi connectivity index (χ3n) is 1.90. The Bertz CT molecular complexity index is 373. The van der Waals surface area contributed by atoms with E-state index in [2.05, 4.69) is 16.8 Å². The van der Waals surface area contributed by atoms with E-state index >= 15 is 0 Å². The summed E-state index contributed by atoms with van der Waals surface area (Å²) in [6.07, 6.45) is 1.28. The quantitative estimate of drug-likeness (QED) is 0.735. The summed E-state index contributed by atoms with van der Waals surface area (Å²) in [5.41, 5.74) is 0. The van der Waals surface area contributed by atoms with Gasteiger partial charge in [0.1, 0.15) is 9.84 Å². The Hall–Kier alpha value is -0.0400. The predicted octanol–water partition coefficient (Wildman–Crippen LogP) is 1.62. The van der Waals surface area contributed by atoms with Gasteiger partial charge >= 0.3 is 0 Å². The van der Waals surface area contributed by atoms with Gasteiger partial charge in [0.15, 0.2) is 0 Å². The second-order valence-corrected chi connectivity index (χ2v) is 8.02. The molecular weight excluding hydrogens is 262 g/mol. The monoisotopic (exact) mass is 279 g/mol. The van der Waals surface area contributed by atoms with Gasteiger partial charge in [0, 0.05) is 35.7 Å². The Kier molecular flexibility index (Phi) is 6.41. The highest BCUT2D eigenvalue weighted by molar-refractivity contribution is 8.00. The first kappa shape index (κ1) is 14.0. The van der Waals surface area contributed by atoms with Crippen LogP contribution >= 0.6 is 23.1 Å². The van der Waals surface area contributed by atoms with Gasteiger partial charge in [-0.25, -0.2) is 8.42 Å². The molecule has 6 heteroatoms. The van der Waals surface area contributed by atoms with Crippen molar-refractivity contribution >= 4 is 32.9 Å². The van der Waals surface area contributed by atoms with Crippen molar-refractivity contribution in [3.63, 3.8) is 0 Å². The molecule has 92 valence electrons. The van der Waals surface area contributed by atoms with Crippen molar-refractivity contribution in [2.24, 2.45) is 0 Å². The maximum absolute atomic E-state index is 10.8. The van der Waals surface area contributed by atoms with Gasteiger partial charge in [-0.1, -0.05) is 6.07 Å². The minimum atomic E-state index is -2.79. The van der Waals surface area contributed by atoms with E-state index in [0.29, 0.717) is 5.75 Å². The van der Waals surface area contributed by atoms with Crippen LogP contribution in [0.2, 0.25) is 0 Å². The van der Waals surface area contributed by atoms with Gasteiger partial charge in [0.2, 0.25) is 0 Å². The fourth-order valence-corrected chi connectivity index (χ4v) is 3.93. The van der Waals surface area contributed by atoms with Crippen LogP contribution in [0, 0.1) is 0 Å². The first-order chi connectivity index (χ1) is 7.58. The topological polar surface area (TPSA) is 46.2 Å². The lowest BCUT2D eigenvalue weighted by Gasteiger charge is -2.02. The lowest BCUT2D eigenvalue weighted by molar-refractivity contribution is 0.603. The van der Waals surface area contributed by atoms with Gasteiger partial charge in [0.05, 0.1) is 5.75 Å². The summed E-state index contributed by atoms with van der Waals surface area (Å²) in [6, 6.07) is 4.15. The first-order valence-electron chi connectivity index (χ1n) is 5.06. The van der Waals surface area contributed by atoms with E-state index in [1.54, 1.807) is 23.1 Å². The molecule has 0 fully saturated rings. The molecule has 1 rings (SSSR count). The van der Waals surface area contributed by atoms with Crippen LogP contribution in [0.25, 0.3) is 0 Å². The number of thioether (sulfide) groups is 1. The third-order valence-corrected chi connectivity index (χ3v) is 4.97. The van der Waals surface area contributed by atoms with Gasteiger partial charge in [-0.15, -0.1) is 11.3 Å². The zero-order valence-corrected chi connectivity index (χ0v) is 11.8. The molecule has 0 atom stereocenters. The van der Waals surface area contributed by atoms with E-state index < -0.39 is 9.84 Å². The first-order valence-corrected chi connectivity index (χ1v) is 9.16. The van der Waals surface area contributed by atoms with Crippen LogP contribution in [-0.2, 0) is 16.4 Å². The highest BCUT2D eigenvalue weighted by atomic mass is 32.2. The van der Waals surface area contributed by atoms with Gasteiger partial charge in [0.25, 0.3) is 0 Å². The smallest absolute Gasteiger partial charge is 0.148 e. The van der Waals surface area contributed by atoms with E-state index in [0.717, 1.165) is 18.8 Å². The van der Waals surface area contributed by atoms with Crippen LogP contribution in [0.1, 0.15) is 4.88 Å². The average Bonchev–Trinajstić information content (AvgIpc) is 2.67. The highest BCUT2D eigenvalue weighted by Crippen LogP contribution is 2.07. The zero-order chi connectivity index (χ0) is 11.9. The molecule has 0 aliphatic rings. The summed E-state index contributed by atoms with van der Waals surface area (Å²) < 4.78 is 21.7. The van der Waals surface area contributed by atoms with Crippen molar-refractivity contribution in [1.29, 1.82) is 0 Å². The Balaban J connectivity index is 1.93. The molecular formula is C10H17NO2S3. The maximum atomic E-state index is 10.8. The number of hydrogen-bond donors (Lipinski definition) is 1. The average molecular weight is 279 g/mol. The van der Waals surface area contributed by atoms with Crippen LogP contribution in [0.4, 0.5) is 0 Å². The van der Waals surface area contributed by atoms with Gasteiger partial charge in [-0.3, -0.25) is 0 Å². The molecule has 0 aliphatic carbocycles. The van der Waals surface area contributed by atoms with Crippen LogP contribution in [0.15, 0.2) is 17.5 Å². The van der Waals surface area contributed by atoms with Crippen LogP contribution in [-0.4, -0.2) is 38.5 Å². The largest absolute Gasteiger partial charge is 0.311 e. The van der Waals surface area contributed by atoms with Crippen LogP contribution in [0.5, 0.6) is 0 Å². The van der Waals surface area contributed by atoms with Gasteiger partial charge < -0.3 is 5.32 Å². The van der Waals surface area contributed by atoms with Crippen molar-refractivity contribution in [1.82, 2.24) is 5.32 Å². The van der Waals surface area contributed by atoms with Crippen molar-refractivity contribution in [3.05, 3.63) is 22.4 Å². The lowest BCUT2D eigenvalue weighted by Crippen LogP contribution is -2.16.